The summed E-state index contributed by atoms with van der Waals surface area (Å²) < 4.78 is 0. The first-order valence-electron chi connectivity index (χ1n) is 9.88. The van der Waals surface area contributed by atoms with Crippen LogP contribution in [0.25, 0.3) is 0 Å². The second-order valence-electron chi connectivity index (χ2n) is 9.58. The highest BCUT2D eigenvalue weighted by Crippen LogP contribution is 2.65. The molecule has 7 atom stereocenters. The van der Waals surface area contributed by atoms with E-state index in [2.05, 4.69) is 37.2 Å². The van der Waals surface area contributed by atoms with Crippen LogP contribution in [0.4, 0.5) is 0 Å². The highest BCUT2D eigenvalue weighted by Gasteiger charge is 2.61. The number of rotatable bonds is 1. The molecule has 0 amide bonds. The molecule has 3 heteroatoms. The van der Waals surface area contributed by atoms with Crippen molar-refractivity contribution in [1.82, 2.24) is 4.90 Å². The van der Waals surface area contributed by atoms with E-state index in [4.69, 9.17) is 5.73 Å². The van der Waals surface area contributed by atoms with E-state index in [0.717, 1.165) is 24.7 Å². The first-order chi connectivity index (χ1) is 11.4. The number of nitrogens with zero attached hydrogens (tertiary/aromatic N) is 1. The Morgan fingerprint density at radius 2 is 1.92 bits per heavy atom. The first-order valence-corrected chi connectivity index (χ1v) is 9.88. The molecule has 0 radical (unpaired) electrons. The van der Waals surface area contributed by atoms with Gasteiger partial charge in [0.2, 0.25) is 0 Å². The quantitative estimate of drug-likeness (QED) is 0.749. The van der Waals surface area contributed by atoms with Crippen LogP contribution in [-0.4, -0.2) is 22.8 Å². The van der Waals surface area contributed by atoms with E-state index < -0.39 is 0 Å². The van der Waals surface area contributed by atoms with E-state index in [1.807, 2.05) is 0 Å². The van der Waals surface area contributed by atoms with Crippen molar-refractivity contribution in [3.05, 3.63) is 24.0 Å². The van der Waals surface area contributed by atoms with Gasteiger partial charge in [0, 0.05) is 31.3 Å². The highest BCUT2D eigenvalue weighted by molar-refractivity contribution is 5.82. The molecule has 1 aliphatic heterocycles. The van der Waals surface area contributed by atoms with E-state index in [0.29, 0.717) is 35.6 Å². The molecule has 2 N–H and O–H groups in total. The molecule has 0 aromatic carbocycles. The van der Waals surface area contributed by atoms with Crippen molar-refractivity contribution in [2.75, 3.05) is 0 Å². The summed E-state index contributed by atoms with van der Waals surface area (Å²) in [5.41, 5.74) is 8.60. The number of carbonyl (C=O) groups excluding carboxylic acids is 1. The van der Waals surface area contributed by atoms with E-state index in [9.17, 15) is 4.79 Å². The number of ketones is 1. The molecule has 0 bridgehead atoms. The number of nitrogens with two attached hydrogens (primary N) is 1. The monoisotopic (exact) mass is 326 g/mol. The average Bonchev–Trinajstić information content (AvgIpc) is 3.34. The van der Waals surface area contributed by atoms with Gasteiger partial charge in [0.05, 0.1) is 6.04 Å². The molecule has 130 valence electrons. The fourth-order valence-electron chi connectivity index (χ4n) is 7.03. The number of hydrogen-bond acceptors (Lipinski definition) is 3. The van der Waals surface area contributed by atoms with Crippen molar-refractivity contribution in [3.8, 4) is 0 Å². The normalized spacial score (nSPS) is 52.5. The van der Waals surface area contributed by atoms with Crippen LogP contribution in [0.3, 0.4) is 0 Å². The predicted molar refractivity (Wildman–Crippen MR) is 94.8 cm³/mol. The van der Waals surface area contributed by atoms with Gasteiger partial charge in [-0.25, -0.2) is 0 Å². The number of allylic oxidation sites excluding steroid dienone is 1. The molecule has 5 aliphatic rings. The maximum atomic E-state index is 12.1. The Morgan fingerprint density at radius 3 is 2.67 bits per heavy atom. The zero-order valence-electron chi connectivity index (χ0n) is 15.0. The molecule has 24 heavy (non-hydrogen) atoms. The van der Waals surface area contributed by atoms with E-state index in [1.165, 1.54) is 31.3 Å². The molecule has 0 saturated heterocycles. The summed E-state index contributed by atoms with van der Waals surface area (Å²) >= 11 is 0. The molecule has 0 spiro atoms. The molecular formula is C21H30N2O. The smallest absolute Gasteiger partial charge is 0.136 e. The largest absolute Gasteiger partial charge is 0.344 e. The van der Waals surface area contributed by atoms with Crippen LogP contribution >= 0.6 is 0 Å². The van der Waals surface area contributed by atoms with Gasteiger partial charge < -0.3 is 10.6 Å². The molecule has 0 aromatic heterocycles. The van der Waals surface area contributed by atoms with Crippen molar-refractivity contribution in [2.45, 2.75) is 70.9 Å². The van der Waals surface area contributed by atoms with Crippen molar-refractivity contribution >= 4 is 5.78 Å². The molecule has 4 unspecified atom stereocenters. The van der Waals surface area contributed by atoms with Crippen molar-refractivity contribution in [2.24, 2.45) is 34.3 Å². The topological polar surface area (TPSA) is 46.1 Å². The van der Waals surface area contributed by atoms with Gasteiger partial charge in [0.25, 0.3) is 0 Å². The summed E-state index contributed by atoms with van der Waals surface area (Å²) in [5.74, 6) is 2.61. The lowest BCUT2D eigenvalue weighted by Gasteiger charge is -2.59. The predicted octanol–water partition coefficient (Wildman–Crippen LogP) is 3.61. The molecule has 3 nitrogen and oxygen atoms in total. The minimum Gasteiger partial charge on any atom is -0.344 e. The molecule has 5 rings (SSSR count). The lowest BCUT2D eigenvalue weighted by molar-refractivity contribution is -0.122. The molecule has 3 saturated carbocycles. The van der Waals surface area contributed by atoms with Crippen molar-refractivity contribution in [1.29, 1.82) is 0 Å². The van der Waals surface area contributed by atoms with Gasteiger partial charge in [-0.05, 0) is 60.7 Å². The number of hydrogen-bond donors (Lipinski definition) is 1. The lowest BCUT2D eigenvalue weighted by Crippen LogP contribution is -2.57. The lowest BCUT2D eigenvalue weighted by atomic mass is 9.47. The first kappa shape index (κ1) is 15.2. The minimum atomic E-state index is 0.249. The molecular weight excluding hydrogens is 296 g/mol. The number of Topliss-reactive ketones (excluding diaryl/α,β-unsaturated/α-hetero) is 1. The summed E-state index contributed by atoms with van der Waals surface area (Å²) in [7, 11) is 0. The van der Waals surface area contributed by atoms with Crippen LogP contribution in [0, 0.1) is 28.6 Å². The van der Waals surface area contributed by atoms with Crippen molar-refractivity contribution < 1.29 is 4.79 Å². The summed E-state index contributed by atoms with van der Waals surface area (Å²) in [6.45, 7) is 4.93. The Labute approximate surface area is 145 Å². The summed E-state index contributed by atoms with van der Waals surface area (Å²) in [6, 6.07) is 0.844. The maximum absolute atomic E-state index is 12.1. The van der Waals surface area contributed by atoms with Gasteiger partial charge in [0.15, 0.2) is 0 Å². The fraction of sp³-hybridized carbons (Fsp3) is 0.762. The summed E-state index contributed by atoms with van der Waals surface area (Å²) in [4.78, 5) is 14.5. The van der Waals surface area contributed by atoms with Crippen molar-refractivity contribution in [3.63, 3.8) is 0 Å². The van der Waals surface area contributed by atoms with Crippen LogP contribution < -0.4 is 5.73 Å². The zero-order valence-corrected chi connectivity index (χ0v) is 15.0. The number of carbonyl (C=O) groups is 1. The SMILES string of the molecule is C[C@]12CCC3C(C1CCC2N)[C@@H](N1C=C1)C=C1CC(=O)CC[C@@]13C. The third kappa shape index (κ3) is 1.85. The van der Waals surface area contributed by atoms with E-state index >= 15 is 0 Å². The molecule has 0 aromatic rings. The highest BCUT2D eigenvalue weighted by atomic mass is 16.1. The molecule has 1 heterocycles. The average molecular weight is 326 g/mol. The van der Waals surface area contributed by atoms with Gasteiger partial charge in [-0.15, -0.1) is 0 Å². The molecule has 4 aliphatic carbocycles. The fourth-order valence-corrected chi connectivity index (χ4v) is 7.03. The third-order valence-electron chi connectivity index (χ3n) is 8.70. The van der Waals surface area contributed by atoms with Crippen LogP contribution in [0.5, 0.6) is 0 Å². The zero-order chi connectivity index (χ0) is 16.7. The Balaban J connectivity index is 1.59. The van der Waals surface area contributed by atoms with E-state index in [-0.39, 0.29) is 5.41 Å². The third-order valence-corrected chi connectivity index (χ3v) is 8.70. The second-order valence-corrected chi connectivity index (χ2v) is 9.58. The maximum Gasteiger partial charge on any atom is 0.136 e. The van der Waals surface area contributed by atoms with Gasteiger partial charge in [-0.2, -0.15) is 0 Å². The van der Waals surface area contributed by atoms with Crippen LogP contribution in [0.1, 0.15) is 58.8 Å². The van der Waals surface area contributed by atoms with Gasteiger partial charge in [-0.1, -0.05) is 25.5 Å². The Hall–Kier alpha value is -1.09. The van der Waals surface area contributed by atoms with Crippen LogP contribution in [-0.2, 0) is 4.79 Å². The van der Waals surface area contributed by atoms with Crippen LogP contribution in [0.2, 0.25) is 0 Å². The number of fused-ring (bicyclic) bond motifs is 5. The Bertz CT molecular complexity index is 646. The second kappa shape index (κ2) is 4.75. The Kier molecular flexibility index (Phi) is 3.01. The van der Waals surface area contributed by atoms with E-state index in [1.54, 1.807) is 0 Å². The van der Waals surface area contributed by atoms with Gasteiger partial charge >= 0.3 is 0 Å². The Morgan fingerprint density at radius 1 is 1.12 bits per heavy atom. The van der Waals surface area contributed by atoms with Crippen LogP contribution in [0.15, 0.2) is 24.0 Å². The minimum absolute atomic E-state index is 0.249. The van der Waals surface area contributed by atoms with Gasteiger partial charge in [-0.3, -0.25) is 4.79 Å². The standard InChI is InChI=1S/C21H30N2O/c1-20-7-5-14(24)11-13(20)12-17(23-9-10-23)19-15-3-4-18(22)21(15,2)8-6-16(19)20/h9-10,12,15-19H,3-8,11,22H2,1-2H3/t15?,16?,17-,18?,19?,20-,21-/m0/s1. The molecule has 3 fully saturated rings. The summed E-state index contributed by atoms with van der Waals surface area (Å²) in [6.07, 6.45) is 14.5. The van der Waals surface area contributed by atoms with Gasteiger partial charge in [0.1, 0.15) is 5.78 Å². The summed E-state index contributed by atoms with van der Waals surface area (Å²) in [5, 5.41) is 0.